The van der Waals surface area contributed by atoms with Crippen LogP contribution in [-0.2, 0) is 6.61 Å². The first kappa shape index (κ1) is 18.8. The van der Waals surface area contributed by atoms with Crippen molar-refractivity contribution in [2.75, 3.05) is 13.1 Å². The van der Waals surface area contributed by atoms with Crippen molar-refractivity contribution in [3.63, 3.8) is 0 Å². The van der Waals surface area contributed by atoms with Gasteiger partial charge in [0.2, 0.25) is 0 Å². The topological polar surface area (TPSA) is 62.8 Å². The number of H-pyrrole nitrogens is 1. The SMILES string of the molecule is Cc1ccc(COc2ccc(-c3nc4ncc(C5CCNCC5)cc4[nH]3)cc2)cc1. The molecule has 1 aliphatic rings. The zero-order valence-electron chi connectivity index (χ0n) is 17.2. The summed E-state index contributed by atoms with van der Waals surface area (Å²) in [7, 11) is 0. The third-order valence-electron chi connectivity index (χ3n) is 5.82. The maximum absolute atomic E-state index is 5.92. The number of aromatic nitrogens is 3. The number of piperidine rings is 1. The predicted molar refractivity (Wildman–Crippen MR) is 120 cm³/mol. The van der Waals surface area contributed by atoms with Crippen LogP contribution in [0.4, 0.5) is 0 Å². The summed E-state index contributed by atoms with van der Waals surface area (Å²) in [6, 6.07) is 18.7. The first-order chi connectivity index (χ1) is 14.7. The average Bonchev–Trinajstić information content (AvgIpc) is 3.23. The van der Waals surface area contributed by atoms with Crippen LogP contribution in [0, 0.1) is 6.92 Å². The summed E-state index contributed by atoms with van der Waals surface area (Å²) in [5.41, 5.74) is 6.52. The van der Waals surface area contributed by atoms with Crippen LogP contribution in [-0.4, -0.2) is 28.0 Å². The van der Waals surface area contributed by atoms with E-state index < -0.39 is 0 Å². The van der Waals surface area contributed by atoms with Crippen LogP contribution in [0.15, 0.2) is 60.8 Å². The summed E-state index contributed by atoms with van der Waals surface area (Å²) in [6.45, 7) is 4.81. The molecule has 1 saturated heterocycles. The van der Waals surface area contributed by atoms with Crippen molar-refractivity contribution >= 4 is 11.2 Å². The van der Waals surface area contributed by atoms with Gasteiger partial charge in [0.05, 0.1) is 5.52 Å². The number of aryl methyl sites for hydroxylation is 1. The van der Waals surface area contributed by atoms with Gasteiger partial charge in [-0.3, -0.25) is 0 Å². The maximum atomic E-state index is 5.92. The van der Waals surface area contributed by atoms with Crippen molar-refractivity contribution in [3.8, 4) is 17.1 Å². The van der Waals surface area contributed by atoms with Gasteiger partial charge in [-0.25, -0.2) is 9.97 Å². The van der Waals surface area contributed by atoms with Crippen molar-refractivity contribution in [1.82, 2.24) is 20.3 Å². The Hall–Kier alpha value is -3.18. The van der Waals surface area contributed by atoms with Gasteiger partial charge >= 0.3 is 0 Å². The van der Waals surface area contributed by atoms with E-state index in [2.05, 4.69) is 57.5 Å². The lowest BCUT2D eigenvalue weighted by Gasteiger charge is -2.22. The third kappa shape index (κ3) is 4.07. The number of ether oxygens (including phenoxy) is 1. The second-order valence-electron chi connectivity index (χ2n) is 8.05. The Morgan fingerprint density at radius 2 is 1.77 bits per heavy atom. The lowest BCUT2D eigenvalue weighted by Crippen LogP contribution is -2.26. The minimum Gasteiger partial charge on any atom is -0.489 e. The predicted octanol–water partition coefficient (Wildman–Crippen LogP) is 4.98. The number of rotatable bonds is 5. The quantitative estimate of drug-likeness (QED) is 0.498. The summed E-state index contributed by atoms with van der Waals surface area (Å²) in [6.07, 6.45) is 4.32. The van der Waals surface area contributed by atoms with E-state index in [4.69, 9.17) is 4.74 Å². The number of hydrogen-bond donors (Lipinski definition) is 2. The second-order valence-corrected chi connectivity index (χ2v) is 8.05. The van der Waals surface area contributed by atoms with Gasteiger partial charge < -0.3 is 15.0 Å². The lowest BCUT2D eigenvalue weighted by molar-refractivity contribution is 0.306. The van der Waals surface area contributed by atoms with Crippen molar-refractivity contribution in [1.29, 1.82) is 0 Å². The molecule has 2 aromatic heterocycles. The van der Waals surface area contributed by atoms with Gasteiger partial charge in [-0.1, -0.05) is 29.8 Å². The van der Waals surface area contributed by atoms with Crippen molar-refractivity contribution in [3.05, 3.63) is 77.5 Å². The summed E-state index contributed by atoms with van der Waals surface area (Å²) in [5, 5.41) is 3.42. The molecule has 2 aromatic carbocycles. The van der Waals surface area contributed by atoms with Crippen molar-refractivity contribution < 1.29 is 4.74 Å². The highest BCUT2D eigenvalue weighted by Gasteiger charge is 2.17. The molecule has 5 nitrogen and oxygen atoms in total. The van der Waals surface area contributed by atoms with Crippen LogP contribution in [0.25, 0.3) is 22.6 Å². The average molecular weight is 399 g/mol. The second kappa shape index (κ2) is 8.28. The van der Waals surface area contributed by atoms with Gasteiger partial charge in [-0.2, -0.15) is 0 Å². The van der Waals surface area contributed by atoms with Crippen molar-refractivity contribution in [2.24, 2.45) is 0 Å². The molecule has 2 N–H and O–H groups in total. The lowest BCUT2D eigenvalue weighted by atomic mass is 9.91. The van der Waals surface area contributed by atoms with E-state index in [-0.39, 0.29) is 0 Å². The van der Waals surface area contributed by atoms with Gasteiger partial charge in [0.15, 0.2) is 5.65 Å². The number of nitrogens with one attached hydrogen (secondary N) is 2. The van der Waals surface area contributed by atoms with E-state index in [0.717, 1.165) is 59.8 Å². The number of benzene rings is 2. The Labute approximate surface area is 176 Å². The minimum absolute atomic E-state index is 0.563. The molecule has 4 aromatic rings. The number of hydrogen-bond acceptors (Lipinski definition) is 4. The summed E-state index contributed by atoms with van der Waals surface area (Å²) < 4.78 is 5.92. The van der Waals surface area contributed by atoms with Crippen LogP contribution in [0.3, 0.4) is 0 Å². The van der Waals surface area contributed by atoms with Gasteiger partial charge in [0, 0.05) is 11.8 Å². The molecule has 0 radical (unpaired) electrons. The van der Waals surface area contributed by atoms with E-state index in [1.807, 2.05) is 30.5 Å². The maximum Gasteiger partial charge on any atom is 0.178 e. The number of fused-ring (bicyclic) bond motifs is 1. The zero-order chi connectivity index (χ0) is 20.3. The highest BCUT2D eigenvalue weighted by Crippen LogP contribution is 2.28. The molecule has 0 amide bonds. The van der Waals surface area contributed by atoms with Gasteiger partial charge in [0.1, 0.15) is 18.2 Å². The smallest absolute Gasteiger partial charge is 0.178 e. The molecule has 0 aliphatic carbocycles. The fraction of sp³-hybridized carbons (Fsp3) is 0.280. The summed E-state index contributed by atoms with van der Waals surface area (Å²) >= 11 is 0. The standard InChI is InChI=1S/C25H26N4O/c1-17-2-4-18(5-3-17)16-30-22-8-6-20(7-9-22)24-28-23-14-21(15-27-25(23)29-24)19-10-12-26-13-11-19/h2-9,14-15,19,26H,10-13,16H2,1H3,(H,27,28,29). The molecular formula is C25H26N4O. The minimum atomic E-state index is 0.563. The highest BCUT2D eigenvalue weighted by molar-refractivity contribution is 5.76. The molecule has 0 bridgehead atoms. The molecule has 0 unspecified atom stereocenters. The summed E-state index contributed by atoms with van der Waals surface area (Å²) in [4.78, 5) is 12.7. The Kier molecular flexibility index (Phi) is 5.20. The van der Waals surface area contributed by atoms with E-state index in [1.54, 1.807) is 0 Å². The third-order valence-corrected chi connectivity index (χ3v) is 5.82. The molecular weight excluding hydrogens is 372 g/mol. The molecule has 5 heteroatoms. The first-order valence-electron chi connectivity index (χ1n) is 10.6. The Morgan fingerprint density at radius 1 is 1.00 bits per heavy atom. The van der Waals surface area contributed by atoms with Gasteiger partial charge in [-0.15, -0.1) is 0 Å². The zero-order valence-corrected chi connectivity index (χ0v) is 17.2. The fourth-order valence-corrected chi connectivity index (χ4v) is 3.99. The van der Waals surface area contributed by atoms with E-state index in [1.165, 1.54) is 11.1 Å². The number of nitrogens with zero attached hydrogens (tertiary/aromatic N) is 2. The van der Waals surface area contributed by atoms with E-state index in [0.29, 0.717) is 12.5 Å². The van der Waals surface area contributed by atoms with Crippen LogP contribution in [0.2, 0.25) is 0 Å². The van der Waals surface area contributed by atoms with Gasteiger partial charge in [-0.05, 0) is 80.2 Å². The number of imidazole rings is 1. The highest BCUT2D eigenvalue weighted by atomic mass is 16.5. The van der Waals surface area contributed by atoms with Crippen LogP contribution in [0.5, 0.6) is 5.75 Å². The molecule has 0 atom stereocenters. The molecule has 1 aliphatic heterocycles. The Morgan fingerprint density at radius 3 is 2.53 bits per heavy atom. The molecule has 1 fully saturated rings. The molecule has 3 heterocycles. The molecule has 0 spiro atoms. The number of pyridine rings is 1. The fourth-order valence-electron chi connectivity index (χ4n) is 3.99. The van der Waals surface area contributed by atoms with Crippen LogP contribution in [0.1, 0.15) is 35.4 Å². The summed E-state index contributed by atoms with van der Waals surface area (Å²) in [5.74, 6) is 2.27. The van der Waals surface area contributed by atoms with Crippen molar-refractivity contribution in [2.45, 2.75) is 32.3 Å². The van der Waals surface area contributed by atoms with Crippen LogP contribution < -0.4 is 10.1 Å². The first-order valence-corrected chi connectivity index (χ1v) is 10.6. The van der Waals surface area contributed by atoms with Crippen LogP contribution >= 0.6 is 0 Å². The normalized spacial score (nSPS) is 14.8. The van der Waals surface area contributed by atoms with E-state index in [9.17, 15) is 0 Å². The largest absolute Gasteiger partial charge is 0.489 e. The Balaban J connectivity index is 1.30. The van der Waals surface area contributed by atoms with Gasteiger partial charge in [0.25, 0.3) is 0 Å². The molecule has 30 heavy (non-hydrogen) atoms. The molecule has 152 valence electrons. The molecule has 0 saturated carbocycles. The van der Waals surface area contributed by atoms with E-state index >= 15 is 0 Å². The monoisotopic (exact) mass is 398 g/mol. The number of aromatic amines is 1. The Bertz CT molecular complexity index is 1130. The molecule has 5 rings (SSSR count).